The topological polar surface area (TPSA) is 75.6 Å². The lowest BCUT2D eigenvalue weighted by Gasteiger charge is -2.18. The molecule has 0 spiro atoms. The van der Waals surface area contributed by atoms with Crippen molar-refractivity contribution in [3.63, 3.8) is 0 Å². The number of carboxylic acids is 1. The van der Waals surface area contributed by atoms with E-state index in [0.717, 1.165) is 0 Å². The second-order valence-electron chi connectivity index (χ2n) is 3.10. The number of carboxylic acid groups (broad SMARTS) is 1. The first-order valence-corrected chi connectivity index (χ1v) is 4.57. The van der Waals surface area contributed by atoms with E-state index in [9.17, 15) is 22.8 Å². The summed E-state index contributed by atoms with van der Waals surface area (Å²) in [5.41, 5.74) is 0. The summed E-state index contributed by atoms with van der Waals surface area (Å²) in [6, 6.07) is 0. The van der Waals surface area contributed by atoms with Crippen LogP contribution in [0.25, 0.3) is 0 Å². The van der Waals surface area contributed by atoms with Crippen molar-refractivity contribution in [3.8, 4) is 0 Å². The van der Waals surface area contributed by atoms with Gasteiger partial charge in [-0.1, -0.05) is 12.7 Å². The molecule has 5 nitrogen and oxygen atoms in total. The number of aliphatic carboxylic acids is 1. The number of hydrogen-bond donors (Lipinski definition) is 2. The Morgan fingerprint density at radius 2 is 2.06 bits per heavy atom. The first kappa shape index (κ1) is 15.3. The molecule has 0 aliphatic heterocycles. The molecule has 0 rings (SSSR count). The van der Waals surface area contributed by atoms with Crippen LogP contribution in [-0.4, -0.2) is 36.5 Å². The number of ether oxygens (including phenoxy) is 1. The van der Waals surface area contributed by atoms with Crippen molar-refractivity contribution in [2.75, 3.05) is 13.2 Å². The van der Waals surface area contributed by atoms with Crippen LogP contribution in [0.4, 0.5) is 18.0 Å². The average molecular weight is 255 g/mol. The van der Waals surface area contributed by atoms with E-state index in [4.69, 9.17) is 5.11 Å². The van der Waals surface area contributed by atoms with Crippen LogP contribution in [0.2, 0.25) is 0 Å². The van der Waals surface area contributed by atoms with Gasteiger partial charge in [0.15, 0.2) is 0 Å². The number of carbonyl (C=O) groups excluding carboxylic acids is 1. The molecule has 2 N–H and O–H groups in total. The van der Waals surface area contributed by atoms with Gasteiger partial charge in [0.2, 0.25) is 0 Å². The van der Waals surface area contributed by atoms with Gasteiger partial charge in [-0.15, -0.1) is 0 Å². The second kappa shape index (κ2) is 6.77. The summed E-state index contributed by atoms with van der Waals surface area (Å²) >= 11 is 0. The molecule has 0 fully saturated rings. The molecule has 1 unspecified atom stereocenters. The van der Waals surface area contributed by atoms with Crippen molar-refractivity contribution >= 4 is 12.1 Å². The third kappa shape index (κ3) is 7.20. The fourth-order valence-electron chi connectivity index (χ4n) is 0.907. The first-order valence-electron chi connectivity index (χ1n) is 4.57. The maximum absolute atomic E-state index is 12.3. The van der Waals surface area contributed by atoms with E-state index < -0.39 is 37.1 Å². The van der Waals surface area contributed by atoms with Crippen LogP contribution in [0, 0.1) is 5.92 Å². The van der Waals surface area contributed by atoms with E-state index in [-0.39, 0.29) is 6.61 Å². The summed E-state index contributed by atoms with van der Waals surface area (Å²) in [4.78, 5) is 21.0. The minimum Gasteiger partial charge on any atom is -0.481 e. The Labute approximate surface area is 95.2 Å². The predicted octanol–water partition coefficient (Wildman–Crippen LogP) is 1.55. The lowest BCUT2D eigenvalue weighted by Crippen LogP contribution is -2.38. The summed E-state index contributed by atoms with van der Waals surface area (Å²) in [7, 11) is 0. The van der Waals surface area contributed by atoms with Crippen molar-refractivity contribution < 1.29 is 32.6 Å². The summed E-state index contributed by atoms with van der Waals surface area (Å²) < 4.78 is 41.3. The molecule has 0 aromatic rings. The Morgan fingerprint density at radius 1 is 1.47 bits per heavy atom. The van der Waals surface area contributed by atoms with Gasteiger partial charge in [-0.25, -0.2) is 4.79 Å². The highest BCUT2D eigenvalue weighted by molar-refractivity contribution is 5.68. The van der Waals surface area contributed by atoms with Crippen molar-refractivity contribution in [2.24, 2.45) is 5.92 Å². The zero-order chi connectivity index (χ0) is 13.5. The molecule has 0 saturated carbocycles. The van der Waals surface area contributed by atoms with Gasteiger partial charge in [-0.2, -0.15) is 13.2 Å². The van der Waals surface area contributed by atoms with Gasteiger partial charge in [0.25, 0.3) is 0 Å². The van der Waals surface area contributed by atoms with Crippen LogP contribution in [0.5, 0.6) is 0 Å². The minimum absolute atomic E-state index is 0.137. The molecule has 0 radical (unpaired) electrons. The number of hydrogen-bond acceptors (Lipinski definition) is 3. The van der Waals surface area contributed by atoms with Crippen molar-refractivity contribution in [3.05, 3.63) is 12.7 Å². The highest BCUT2D eigenvalue weighted by atomic mass is 19.4. The quantitative estimate of drug-likeness (QED) is 0.706. The third-order valence-corrected chi connectivity index (χ3v) is 1.71. The Morgan fingerprint density at radius 3 is 2.47 bits per heavy atom. The Bertz CT molecular complexity index is 290. The molecule has 1 amide bonds. The number of carbonyl (C=O) groups is 2. The zero-order valence-corrected chi connectivity index (χ0v) is 8.79. The van der Waals surface area contributed by atoms with Gasteiger partial charge in [0.05, 0.1) is 12.3 Å². The highest BCUT2D eigenvalue weighted by Gasteiger charge is 2.41. The smallest absolute Gasteiger partial charge is 0.407 e. The fourth-order valence-corrected chi connectivity index (χ4v) is 0.907. The largest absolute Gasteiger partial charge is 0.481 e. The van der Waals surface area contributed by atoms with E-state index >= 15 is 0 Å². The number of amides is 1. The standard InChI is InChI=1S/C9H12F3NO4/c1-2-3-17-8(16)13-5-6(4-7(14)15)9(10,11)12/h2,6H,1,3-5H2,(H,13,16)(H,14,15). The second-order valence-corrected chi connectivity index (χ2v) is 3.10. The minimum atomic E-state index is -4.69. The summed E-state index contributed by atoms with van der Waals surface area (Å²) in [6.07, 6.45) is -5.60. The summed E-state index contributed by atoms with van der Waals surface area (Å²) in [5.74, 6) is -3.73. The Hall–Kier alpha value is -1.73. The average Bonchev–Trinajstić information content (AvgIpc) is 2.19. The van der Waals surface area contributed by atoms with E-state index in [2.05, 4.69) is 11.3 Å². The molecule has 0 aromatic heterocycles. The molecule has 0 saturated heterocycles. The molecule has 8 heteroatoms. The van der Waals surface area contributed by atoms with Gasteiger partial charge in [0.1, 0.15) is 6.61 Å². The van der Waals surface area contributed by atoms with Crippen LogP contribution in [-0.2, 0) is 9.53 Å². The van der Waals surface area contributed by atoms with Gasteiger partial charge < -0.3 is 15.2 Å². The van der Waals surface area contributed by atoms with Crippen molar-refractivity contribution in [1.29, 1.82) is 0 Å². The summed E-state index contributed by atoms with van der Waals surface area (Å²) in [6.45, 7) is 2.26. The number of alkyl carbamates (subject to hydrolysis) is 1. The van der Waals surface area contributed by atoms with Gasteiger partial charge in [-0.05, 0) is 0 Å². The zero-order valence-electron chi connectivity index (χ0n) is 8.79. The molecular formula is C9H12F3NO4. The maximum Gasteiger partial charge on any atom is 0.407 e. The number of halogens is 3. The fraction of sp³-hybridized carbons (Fsp3) is 0.556. The van der Waals surface area contributed by atoms with Crippen LogP contribution in [0.3, 0.4) is 0 Å². The number of nitrogens with one attached hydrogen (secondary N) is 1. The molecule has 0 bridgehead atoms. The van der Waals surface area contributed by atoms with Crippen LogP contribution < -0.4 is 5.32 Å². The summed E-state index contributed by atoms with van der Waals surface area (Å²) in [5, 5.41) is 10.1. The molecule has 98 valence electrons. The van der Waals surface area contributed by atoms with Crippen LogP contribution in [0.1, 0.15) is 6.42 Å². The first-order chi connectivity index (χ1) is 7.77. The van der Waals surface area contributed by atoms with E-state index in [1.807, 2.05) is 5.32 Å². The molecule has 0 aromatic carbocycles. The van der Waals surface area contributed by atoms with Crippen molar-refractivity contribution in [1.82, 2.24) is 5.32 Å². The lowest BCUT2D eigenvalue weighted by molar-refractivity contribution is -0.181. The van der Waals surface area contributed by atoms with E-state index in [1.165, 1.54) is 6.08 Å². The van der Waals surface area contributed by atoms with Gasteiger partial charge in [0, 0.05) is 6.54 Å². The maximum atomic E-state index is 12.3. The SMILES string of the molecule is C=CCOC(=O)NCC(CC(=O)O)C(F)(F)F. The Balaban J connectivity index is 4.21. The molecular weight excluding hydrogens is 243 g/mol. The monoisotopic (exact) mass is 255 g/mol. The molecule has 0 aliphatic carbocycles. The Kier molecular flexibility index (Phi) is 6.08. The van der Waals surface area contributed by atoms with E-state index in [1.54, 1.807) is 0 Å². The molecule has 0 aliphatic rings. The molecule has 17 heavy (non-hydrogen) atoms. The molecule has 0 heterocycles. The lowest BCUT2D eigenvalue weighted by atomic mass is 10.1. The van der Waals surface area contributed by atoms with Gasteiger partial charge in [-0.3, -0.25) is 4.79 Å². The normalized spacial score (nSPS) is 12.6. The number of alkyl halides is 3. The predicted molar refractivity (Wildman–Crippen MR) is 51.3 cm³/mol. The number of rotatable bonds is 6. The van der Waals surface area contributed by atoms with E-state index in [0.29, 0.717) is 0 Å². The third-order valence-electron chi connectivity index (χ3n) is 1.71. The van der Waals surface area contributed by atoms with Crippen molar-refractivity contribution in [2.45, 2.75) is 12.6 Å². The van der Waals surface area contributed by atoms with Gasteiger partial charge >= 0.3 is 18.2 Å². The molecule has 1 atom stereocenters. The van der Waals surface area contributed by atoms with Crippen LogP contribution in [0.15, 0.2) is 12.7 Å². The van der Waals surface area contributed by atoms with Crippen LogP contribution >= 0.6 is 0 Å². The highest BCUT2D eigenvalue weighted by Crippen LogP contribution is 2.28.